The van der Waals surface area contributed by atoms with E-state index in [1.54, 1.807) is 30.8 Å². The number of halogens is 1. The number of anilines is 1. The van der Waals surface area contributed by atoms with Gasteiger partial charge in [-0.2, -0.15) is 4.98 Å². The van der Waals surface area contributed by atoms with E-state index in [4.69, 9.17) is 9.40 Å². The third-order valence-electron chi connectivity index (χ3n) is 4.75. The molecule has 4 aromatic rings. The highest BCUT2D eigenvalue weighted by molar-refractivity contribution is 5.79. The van der Waals surface area contributed by atoms with Crippen molar-refractivity contribution in [2.24, 2.45) is 5.41 Å². The zero-order chi connectivity index (χ0) is 21.3. The third-order valence-corrected chi connectivity index (χ3v) is 4.75. The fourth-order valence-electron chi connectivity index (χ4n) is 3.65. The Kier molecular flexibility index (Phi) is 5.26. The summed E-state index contributed by atoms with van der Waals surface area (Å²) in [7, 11) is 4.12. The zero-order valence-corrected chi connectivity index (χ0v) is 17.6. The molecule has 0 aliphatic rings. The van der Waals surface area contributed by atoms with Crippen molar-refractivity contribution in [2.75, 3.05) is 32.5 Å². The van der Waals surface area contributed by atoms with Gasteiger partial charge in [0, 0.05) is 32.5 Å². The van der Waals surface area contributed by atoms with Crippen LogP contribution in [0.25, 0.3) is 28.5 Å². The van der Waals surface area contributed by atoms with Crippen LogP contribution in [0.15, 0.2) is 53.4 Å². The van der Waals surface area contributed by atoms with Gasteiger partial charge in [0.15, 0.2) is 0 Å². The summed E-state index contributed by atoms with van der Waals surface area (Å²) in [5.74, 6) is 0.699. The molecule has 0 aliphatic heterocycles. The van der Waals surface area contributed by atoms with E-state index in [2.05, 4.69) is 48.1 Å². The Balaban J connectivity index is 0.00000272. The van der Waals surface area contributed by atoms with Crippen LogP contribution in [0.4, 0.5) is 10.3 Å². The Hall–Kier alpha value is -3.26. The molecule has 8 heteroatoms. The smallest absolute Gasteiger partial charge is 0.306 e. The number of hydrogen-bond acceptors (Lipinski definition) is 6. The number of imidazole rings is 1. The van der Waals surface area contributed by atoms with Crippen molar-refractivity contribution in [3.8, 4) is 22.6 Å². The van der Waals surface area contributed by atoms with E-state index in [-0.39, 0.29) is 12.7 Å². The van der Waals surface area contributed by atoms with Gasteiger partial charge in [-0.15, -0.1) is 0 Å². The predicted octanol–water partition coefficient (Wildman–Crippen LogP) is 4.44. The van der Waals surface area contributed by atoms with Crippen molar-refractivity contribution < 1.29 is 10.2 Å². The molecule has 0 fully saturated rings. The molecule has 0 unspecified atom stereocenters. The van der Waals surface area contributed by atoms with Gasteiger partial charge in [0.25, 0.3) is 0 Å². The van der Waals surface area contributed by atoms with E-state index in [1.807, 2.05) is 10.5 Å². The Labute approximate surface area is 176 Å². The highest BCUT2D eigenvalue weighted by Gasteiger charge is 2.21. The molecule has 1 N–H and O–H groups in total. The fraction of sp³-hybridized carbons (Fsp3) is 0.318. The molecule has 30 heavy (non-hydrogen) atoms. The molecule has 0 saturated carbocycles. The molecule has 7 nitrogen and oxygen atoms in total. The molecular weight excluding hydrogens is 383 g/mol. The van der Waals surface area contributed by atoms with Crippen molar-refractivity contribution in [1.29, 1.82) is 0 Å². The summed E-state index contributed by atoms with van der Waals surface area (Å²) in [5, 5.41) is 3.35. The lowest BCUT2D eigenvalue weighted by Crippen LogP contribution is -2.34. The molecule has 0 radical (unpaired) electrons. The van der Waals surface area contributed by atoms with E-state index in [0.717, 1.165) is 24.3 Å². The highest BCUT2D eigenvalue weighted by atomic mass is 19.1. The maximum atomic E-state index is 13.4. The summed E-state index contributed by atoms with van der Waals surface area (Å²) in [6, 6.07) is 8.06. The number of hydrogen-bond donors (Lipinski definition) is 1. The largest absolute Gasteiger partial charge is 0.432 e. The fourth-order valence-corrected chi connectivity index (χ4v) is 3.65. The van der Waals surface area contributed by atoms with Gasteiger partial charge in [0.05, 0.1) is 5.69 Å². The molecule has 3 aromatic heterocycles. The second-order valence-electron chi connectivity index (χ2n) is 8.39. The van der Waals surface area contributed by atoms with Crippen LogP contribution in [0.1, 0.15) is 15.3 Å². The standard InChI is InChI=1S/C22H25FN6O.H2/c1-22(2,14-28(3)4)13-25-20-24-10-9-17(26-20)19-18(15-5-7-16(23)8-6-15)27-21-29(19)11-12-30-21;/h5-12H,13-14H2,1-4H3,(H,24,25,26);1H. The summed E-state index contributed by atoms with van der Waals surface area (Å²) in [4.78, 5) is 15.8. The van der Waals surface area contributed by atoms with E-state index < -0.39 is 0 Å². The van der Waals surface area contributed by atoms with Gasteiger partial charge >= 0.3 is 5.84 Å². The van der Waals surface area contributed by atoms with Gasteiger partial charge in [-0.1, -0.05) is 13.8 Å². The molecule has 3 heterocycles. The average Bonchev–Trinajstić information content (AvgIpc) is 3.27. The van der Waals surface area contributed by atoms with Crippen LogP contribution in [0, 0.1) is 11.2 Å². The van der Waals surface area contributed by atoms with Crippen LogP contribution in [-0.2, 0) is 0 Å². The molecule has 0 atom stereocenters. The second-order valence-corrected chi connectivity index (χ2v) is 8.39. The van der Waals surface area contributed by atoms with Crippen molar-refractivity contribution in [1.82, 2.24) is 24.3 Å². The number of aromatic nitrogens is 4. The SMILES string of the molecule is CN(C)CC(C)(C)CNc1nccc(-c2c(-c3ccc(F)cc3)nc3occn23)n1.[HH]. The van der Waals surface area contributed by atoms with Crippen molar-refractivity contribution in [3.63, 3.8) is 0 Å². The molecular formula is C22H27FN6O. The molecule has 4 rings (SSSR count). The topological polar surface area (TPSA) is 71.5 Å². The van der Waals surface area contributed by atoms with Gasteiger partial charge in [-0.25, -0.2) is 14.4 Å². The molecule has 0 bridgehead atoms. The first kappa shape index (κ1) is 20.0. The van der Waals surface area contributed by atoms with Crippen LogP contribution in [0.2, 0.25) is 0 Å². The second kappa shape index (κ2) is 7.87. The average molecular weight is 410 g/mol. The normalized spacial score (nSPS) is 12.1. The number of benzene rings is 1. The maximum Gasteiger partial charge on any atom is 0.306 e. The van der Waals surface area contributed by atoms with Crippen LogP contribution >= 0.6 is 0 Å². The van der Waals surface area contributed by atoms with Gasteiger partial charge in [0.2, 0.25) is 5.95 Å². The molecule has 158 valence electrons. The van der Waals surface area contributed by atoms with Crippen LogP contribution in [0.5, 0.6) is 0 Å². The Morgan fingerprint density at radius 1 is 1.17 bits per heavy atom. The number of nitrogens with one attached hydrogen (secondary N) is 1. The van der Waals surface area contributed by atoms with Crippen molar-refractivity contribution in [2.45, 2.75) is 13.8 Å². The summed E-state index contributed by atoms with van der Waals surface area (Å²) >= 11 is 0. The summed E-state index contributed by atoms with van der Waals surface area (Å²) in [6.45, 7) is 6.06. The van der Waals surface area contributed by atoms with Crippen molar-refractivity contribution >= 4 is 11.8 Å². The first-order chi connectivity index (χ1) is 14.3. The lowest BCUT2D eigenvalue weighted by atomic mass is 9.93. The third kappa shape index (κ3) is 4.18. The number of fused-ring (bicyclic) bond motifs is 1. The van der Waals surface area contributed by atoms with Crippen molar-refractivity contribution in [3.05, 3.63) is 54.8 Å². The van der Waals surface area contributed by atoms with Gasteiger partial charge in [-0.05, 0) is 49.8 Å². The zero-order valence-electron chi connectivity index (χ0n) is 17.6. The van der Waals surface area contributed by atoms with E-state index in [9.17, 15) is 4.39 Å². The molecule has 1 aromatic carbocycles. The highest BCUT2D eigenvalue weighted by Crippen LogP contribution is 2.32. The Morgan fingerprint density at radius 2 is 1.93 bits per heavy atom. The first-order valence-corrected chi connectivity index (χ1v) is 9.76. The summed E-state index contributed by atoms with van der Waals surface area (Å²) in [6.07, 6.45) is 5.09. The predicted molar refractivity (Wildman–Crippen MR) is 117 cm³/mol. The lowest BCUT2D eigenvalue weighted by Gasteiger charge is -2.28. The van der Waals surface area contributed by atoms with Gasteiger partial charge in [-0.3, -0.25) is 4.40 Å². The molecule has 0 spiro atoms. The number of nitrogens with zero attached hydrogens (tertiary/aromatic N) is 5. The van der Waals surface area contributed by atoms with Crippen LogP contribution < -0.4 is 5.32 Å². The number of rotatable bonds is 7. The van der Waals surface area contributed by atoms with E-state index in [1.165, 1.54) is 12.1 Å². The van der Waals surface area contributed by atoms with E-state index in [0.29, 0.717) is 23.2 Å². The molecule has 0 amide bonds. The number of oxazole rings is 1. The summed E-state index contributed by atoms with van der Waals surface area (Å²) < 4.78 is 20.7. The van der Waals surface area contributed by atoms with Crippen LogP contribution in [0.3, 0.4) is 0 Å². The minimum absolute atomic E-state index is 0. The first-order valence-electron chi connectivity index (χ1n) is 9.76. The van der Waals surface area contributed by atoms with E-state index >= 15 is 0 Å². The molecule has 0 saturated heterocycles. The van der Waals surface area contributed by atoms with Gasteiger partial charge < -0.3 is 14.6 Å². The quantitative estimate of drug-likeness (QED) is 0.486. The van der Waals surface area contributed by atoms with Crippen LogP contribution in [-0.4, -0.2) is 51.4 Å². The Morgan fingerprint density at radius 3 is 2.67 bits per heavy atom. The maximum absolute atomic E-state index is 13.4. The molecule has 0 aliphatic carbocycles. The summed E-state index contributed by atoms with van der Waals surface area (Å²) in [5.41, 5.74) is 2.98. The Bertz CT molecular complexity index is 1150. The monoisotopic (exact) mass is 410 g/mol. The van der Waals surface area contributed by atoms with Gasteiger partial charge in [0.1, 0.15) is 23.5 Å². The minimum Gasteiger partial charge on any atom is -0.432 e. The minimum atomic E-state index is -0.294. The lowest BCUT2D eigenvalue weighted by molar-refractivity contribution is 0.254.